The van der Waals surface area contributed by atoms with Crippen molar-refractivity contribution in [2.45, 2.75) is 26.2 Å². The van der Waals surface area contributed by atoms with Crippen LogP contribution in [0.25, 0.3) is 0 Å². The predicted molar refractivity (Wildman–Crippen MR) is 73.8 cm³/mol. The molecule has 2 unspecified atom stereocenters. The Morgan fingerprint density at radius 2 is 1.14 bits per heavy atom. The first-order valence-corrected chi connectivity index (χ1v) is 14.4. The van der Waals surface area contributed by atoms with Crippen LogP contribution < -0.4 is 9.30 Å². The van der Waals surface area contributed by atoms with Gasteiger partial charge in [0.25, 0.3) is 0 Å². The Morgan fingerprint density at radius 3 is 1.50 bits per heavy atom. The lowest BCUT2D eigenvalue weighted by Crippen LogP contribution is -2.72. The van der Waals surface area contributed by atoms with Gasteiger partial charge in [0.15, 0.2) is 36.5 Å². The van der Waals surface area contributed by atoms with E-state index in [4.69, 9.17) is 0 Å². The maximum absolute atomic E-state index is 3.85. The highest BCUT2D eigenvalue weighted by atomic mass is 28.4. The van der Waals surface area contributed by atoms with E-state index in [0.29, 0.717) is 0 Å². The highest BCUT2D eigenvalue weighted by molar-refractivity contribution is 6.85. The summed E-state index contributed by atoms with van der Waals surface area (Å²) in [5, 5.41) is 0. The van der Waals surface area contributed by atoms with E-state index in [1.54, 1.807) is 0 Å². The average Bonchev–Trinajstić information content (AvgIpc) is 2.12. The minimum Gasteiger partial charge on any atom is -0.341 e. The second-order valence-electron chi connectivity index (χ2n) is 4.37. The summed E-state index contributed by atoms with van der Waals surface area (Å²) in [6, 6.07) is 0. The molecule has 0 spiro atoms. The maximum Gasteiger partial charge on any atom is 0.174 e. The normalized spacial score (nSPS) is 43.3. The Kier molecular flexibility index (Phi) is 4.71. The van der Waals surface area contributed by atoms with Crippen molar-refractivity contribution in [1.29, 1.82) is 0 Å². The van der Waals surface area contributed by atoms with Gasteiger partial charge < -0.3 is 17.8 Å². The fourth-order valence-corrected chi connectivity index (χ4v) is 19.9. The highest BCUT2D eigenvalue weighted by Crippen LogP contribution is 2.03. The smallest absolute Gasteiger partial charge is 0.174 e. The Labute approximate surface area is 94.7 Å². The van der Waals surface area contributed by atoms with Crippen LogP contribution >= 0.6 is 0 Å². The van der Waals surface area contributed by atoms with Crippen molar-refractivity contribution in [1.82, 2.24) is 17.8 Å². The molecule has 0 saturated carbocycles. The molecule has 0 aromatic carbocycles. The van der Waals surface area contributed by atoms with Crippen molar-refractivity contribution in [3.63, 3.8) is 0 Å². The summed E-state index contributed by atoms with van der Waals surface area (Å²) >= 11 is 0. The van der Waals surface area contributed by atoms with Gasteiger partial charge in [0.2, 0.25) is 0 Å². The molecule has 2 atom stereocenters. The van der Waals surface area contributed by atoms with E-state index in [1.165, 1.54) is 0 Å². The Morgan fingerprint density at radius 1 is 0.786 bits per heavy atom. The number of nitrogens with one attached hydrogen (secondary N) is 2. The third kappa shape index (κ3) is 2.85. The molecule has 1 saturated heterocycles. The van der Waals surface area contributed by atoms with Crippen LogP contribution in [-0.2, 0) is 0 Å². The minimum atomic E-state index is -0.826. The molecule has 1 fully saturated rings. The Balaban J connectivity index is 2.73. The molecule has 0 aliphatic carbocycles. The lowest BCUT2D eigenvalue weighted by Gasteiger charge is -2.42. The summed E-state index contributed by atoms with van der Waals surface area (Å²) in [7, 11) is 1.37. The molecule has 1 aliphatic rings. The lowest BCUT2D eigenvalue weighted by molar-refractivity contribution is 0.657. The molecular formula is C6H24N4Si4. The van der Waals surface area contributed by atoms with E-state index in [-0.39, 0.29) is 0 Å². The van der Waals surface area contributed by atoms with E-state index in [0.717, 1.165) is 0 Å². The van der Waals surface area contributed by atoms with Crippen molar-refractivity contribution < 1.29 is 0 Å². The van der Waals surface area contributed by atoms with Crippen LogP contribution in [0.3, 0.4) is 0 Å². The fourth-order valence-electron chi connectivity index (χ4n) is 1.94. The van der Waals surface area contributed by atoms with Gasteiger partial charge in [0.1, 0.15) is 0 Å². The molecule has 0 aromatic rings. The summed E-state index contributed by atoms with van der Waals surface area (Å²) in [5.74, 6) is 0. The Hall–Kier alpha value is 0.708. The van der Waals surface area contributed by atoms with Gasteiger partial charge in [0.05, 0.1) is 0 Å². The van der Waals surface area contributed by atoms with Crippen molar-refractivity contribution in [2.75, 3.05) is 14.1 Å². The fraction of sp³-hybridized carbons (Fsp3) is 1.00. The zero-order valence-corrected chi connectivity index (χ0v) is 14.8. The molecule has 0 bridgehead atoms. The van der Waals surface area contributed by atoms with Gasteiger partial charge in [-0.3, -0.25) is 0 Å². The quantitative estimate of drug-likeness (QED) is 0.519. The van der Waals surface area contributed by atoms with Crippen LogP contribution in [0, 0.1) is 0 Å². The van der Waals surface area contributed by atoms with Gasteiger partial charge in [-0.05, 0) is 40.3 Å². The molecule has 1 aliphatic heterocycles. The Bertz CT molecular complexity index is 177. The van der Waals surface area contributed by atoms with Crippen LogP contribution in [-0.4, -0.2) is 59.0 Å². The third-order valence-electron chi connectivity index (χ3n) is 3.38. The van der Waals surface area contributed by atoms with Gasteiger partial charge in [-0.1, -0.05) is 0 Å². The number of hydrogen-bond acceptors (Lipinski definition) is 4. The second kappa shape index (κ2) is 5.16. The molecular weight excluding hydrogens is 240 g/mol. The van der Waals surface area contributed by atoms with Crippen LogP contribution in [0.15, 0.2) is 0 Å². The summed E-state index contributed by atoms with van der Waals surface area (Å²) < 4.78 is 13.1. The average molecular weight is 265 g/mol. The predicted octanol–water partition coefficient (Wildman–Crippen LogP) is -1.56. The van der Waals surface area contributed by atoms with E-state index in [1.807, 2.05) is 0 Å². The highest BCUT2D eigenvalue weighted by Gasteiger charge is 2.30. The summed E-state index contributed by atoms with van der Waals surface area (Å²) in [5.41, 5.74) is 0. The van der Waals surface area contributed by atoms with E-state index in [2.05, 4.69) is 58.0 Å². The molecule has 1 heterocycles. The van der Waals surface area contributed by atoms with Gasteiger partial charge in [-0.25, -0.2) is 0 Å². The molecule has 84 valence electrons. The summed E-state index contributed by atoms with van der Waals surface area (Å²) in [6.07, 6.45) is 0. The van der Waals surface area contributed by atoms with E-state index in [9.17, 15) is 0 Å². The third-order valence-corrected chi connectivity index (χ3v) is 21.3. The monoisotopic (exact) mass is 264 g/mol. The van der Waals surface area contributed by atoms with Crippen molar-refractivity contribution in [3.8, 4) is 0 Å². The summed E-state index contributed by atoms with van der Waals surface area (Å²) in [6.45, 7) is 9.67. The van der Waals surface area contributed by atoms with Crippen LogP contribution in [0.5, 0.6) is 0 Å². The van der Waals surface area contributed by atoms with Crippen LogP contribution in [0.2, 0.25) is 26.2 Å². The lowest BCUT2D eigenvalue weighted by atomic mass is 11.6. The van der Waals surface area contributed by atoms with Gasteiger partial charge >= 0.3 is 0 Å². The minimum absolute atomic E-state index is 0.813. The van der Waals surface area contributed by atoms with Crippen molar-refractivity contribution in [3.05, 3.63) is 0 Å². The topological polar surface area (TPSA) is 30.5 Å². The maximum atomic E-state index is 3.85. The molecule has 0 radical (unpaired) electrons. The summed E-state index contributed by atoms with van der Waals surface area (Å²) in [4.78, 5) is 0. The van der Waals surface area contributed by atoms with Crippen molar-refractivity contribution in [2.24, 2.45) is 0 Å². The standard InChI is InChI=1S/C6H24N4Si4/c1-9-12(4)7-11(3)8-13(5)10(2)14(9)6/h7-8,11-14H,1-6H3. The second-order valence-corrected chi connectivity index (χ2v) is 16.9. The van der Waals surface area contributed by atoms with Gasteiger partial charge in [-0.15, -0.1) is 0 Å². The molecule has 1 rings (SSSR count). The van der Waals surface area contributed by atoms with Gasteiger partial charge in [0, 0.05) is 0 Å². The zero-order chi connectivity index (χ0) is 10.9. The first-order chi connectivity index (χ1) is 6.43. The number of hydrogen-bond donors (Lipinski definition) is 2. The SMILES string of the molecule is CN1[SiH](C)N[SiH](C)N[SiH](C)N(C)[SiH]1C. The number of nitrogens with zero attached hydrogens (tertiary/aromatic N) is 2. The van der Waals surface area contributed by atoms with Crippen molar-refractivity contribution >= 4 is 36.5 Å². The number of rotatable bonds is 0. The zero-order valence-electron chi connectivity index (χ0n) is 10.2. The van der Waals surface area contributed by atoms with E-state index >= 15 is 0 Å². The molecule has 2 N–H and O–H groups in total. The van der Waals surface area contributed by atoms with Gasteiger partial charge in [-0.2, -0.15) is 0 Å². The largest absolute Gasteiger partial charge is 0.341 e. The van der Waals surface area contributed by atoms with Crippen LogP contribution in [0.1, 0.15) is 0 Å². The molecule has 0 amide bonds. The van der Waals surface area contributed by atoms with E-state index < -0.39 is 36.5 Å². The first-order valence-electron chi connectivity index (χ1n) is 5.39. The molecule has 8 heteroatoms. The molecule has 14 heavy (non-hydrogen) atoms. The van der Waals surface area contributed by atoms with Crippen LogP contribution in [0.4, 0.5) is 0 Å². The molecule has 4 nitrogen and oxygen atoms in total. The molecule has 0 aromatic heterocycles. The first kappa shape index (κ1) is 12.8.